The summed E-state index contributed by atoms with van der Waals surface area (Å²) in [5.41, 5.74) is 1.94. The van der Waals surface area contributed by atoms with Crippen LogP contribution in [0.25, 0.3) is 0 Å². The van der Waals surface area contributed by atoms with Gasteiger partial charge in [0.25, 0.3) is 5.91 Å². The van der Waals surface area contributed by atoms with Crippen LogP contribution in [-0.2, 0) is 4.79 Å². The van der Waals surface area contributed by atoms with Crippen LogP contribution in [0.15, 0.2) is 48.5 Å². The Balaban J connectivity index is 2.04. The molecule has 2 aromatic rings. The lowest BCUT2D eigenvalue weighted by atomic mass is 10.1. The predicted molar refractivity (Wildman–Crippen MR) is 105 cm³/mol. The van der Waals surface area contributed by atoms with E-state index in [1.807, 2.05) is 18.2 Å². The molecule has 0 fully saturated rings. The summed E-state index contributed by atoms with van der Waals surface area (Å²) in [6.45, 7) is 4.25. The Bertz CT molecular complexity index is 741. The highest BCUT2D eigenvalue weighted by Crippen LogP contribution is 2.22. The predicted octanol–water partition coefficient (Wildman–Crippen LogP) is 4.49. The number of nitrogens with one attached hydrogen (secondary N) is 1. The van der Waals surface area contributed by atoms with Gasteiger partial charge in [-0.15, -0.1) is 0 Å². The van der Waals surface area contributed by atoms with Crippen LogP contribution in [0.5, 0.6) is 5.75 Å². The second kappa shape index (κ2) is 9.61. The van der Waals surface area contributed by atoms with Crippen molar-refractivity contribution in [1.82, 2.24) is 0 Å². The number of ether oxygens (including phenoxy) is 1. The Morgan fingerprint density at radius 2 is 1.73 bits per heavy atom. The molecule has 1 N–H and O–H groups in total. The number of amides is 2. The van der Waals surface area contributed by atoms with E-state index in [1.54, 1.807) is 42.3 Å². The number of benzene rings is 2. The van der Waals surface area contributed by atoms with Crippen LogP contribution >= 0.6 is 0 Å². The number of nitrogens with zero attached hydrogens (tertiary/aromatic N) is 1. The molecule has 0 atom stereocenters. The Labute approximate surface area is 155 Å². The zero-order chi connectivity index (χ0) is 18.9. The first-order valence-electron chi connectivity index (χ1n) is 8.90. The first kappa shape index (κ1) is 19.5. The molecular weight excluding hydrogens is 328 g/mol. The number of carbonyl (C=O) groups excluding carboxylic acids is 2. The van der Waals surface area contributed by atoms with Crippen LogP contribution in [0, 0.1) is 0 Å². The van der Waals surface area contributed by atoms with Crippen molar-refractivity contribution in [3.8, 4) is 5.75 Å². The summed E-state index contributed by atoms with van der Waals surface area (Å²) in [6, 6.07) is 14.4. The molecule has 0 aliphatic rings. The Hall–Kier alpha value is -2.82. The van der Waals surface area contributed by atoms with E-state index in [9.17, 15) is 9.59 Å². The van der Waals surface area contributed by atoms with E-state index in [0.717, 1.165) is 24.9 Å². The van der Waals surface area contributed by atoms with Crippen LogP contribution in [0.3, 0.4) is 0 Å². The Morgan fingerprint density at radius 1 is 1.04 bits per heavy atom. The maximum Gasteiger partial charge on any atom is 0.259 e. The van der Waals surface area contributed by atoms with Crippen molar-refractivity contribution in [3.05, 3.63) is 54.1 Å². The third-order valence-corrected chi connectivity index (χ3v) is 4.12. The molecule has 2 aromatic carbocycles. The van der Waals surface area contributed by atoms with Gasteiger partial charge in [0.05, 0.1) is 12.2 Å². The van der Waals surface area contributed by atoms with Crippen LogP contribution in [-0.4, -0.2) is 25.5 Å². The lowest BCUT2D eigenvalue weighted by Gasteiger charge is -2.15. The molecule has 0 aliphatic carbocycles. The highest BCUT2D eigenvalue weighted by Gasteiger charge is 2.13. The van der Waals surface area contributed by atoms with Crippen molar-refractivity contribution in [2.75, 3.05) is 23.9 Å². The molecule has 0 unspecified atom stereocenters. The van der Waals surface area contributed by atoms with Crippen molar-refractivity contribution in [3.63, 3.8) is 0 Å². The summed E-state index contributed by atoms with van der Waals surface area (Å²) >= 11 is 0. The number of hydrogen-bond donors (Lipinski definition) is 1. The number of rotatable bonds is 8. The summed E-state index contributed by atoms with van der Waals surface area (Å²) in [4.78, 5) is 25.5. The first-order chi connectivity index (χ1) is 12.5. The van der Waals surface area contributed by atoms with E-state index in [2.05, 4.69) is 12.2 Å². The van der Waals surface area contributed by atoms with Gasteiger partial charge in [-0.05, 0) is 42.8 Å². The van der Waals surface area contributed by atoms with Gasteiger partial charge < -0.3 is 15.0 Å². The molecule has 5 heteroatoms. The van der Waals surface area contributed by atoms with Crippen molar-refractivity contribution < 1.29 is 14.3 Å². The second-order valence-electron chi connectivity index (χ2n) is 6.13. The maximum atomic E-state index is 12.6. The minimum Gasteiger partial charge on any atom is -0.493 e. The summed E-state index contributed by atoms with van der Waals surface area (Å²) in [7, 11) is 1.71. The SMILES string of the molecule is CCCCCOc1ccccc1C(=O)Nc1ccc(N(C)C(C)=O)cc1. The lowest BCUT2D eigenvalue weighted by Crippen LogP contribution is -2.22. The fourth-order valence-corrected chi connectivity index (χ4v) is 2.46. The molecule has 0 heterocycles. The monoisotopic (exact) mass is 354 g/mol. The van der Waals surface area contributed by atoms with E-state index in [0.29, 0.717) is 23.6 Å². The number of unbranched alkanes of at least 4 members (excludes halogenated alkanes) is 2. The summed E-state index contributed by atoms with van der Waals surface area (Å²) < 4.78 is 5.77. The molecular formula is C21H26N2O3. The second-order valence-corrected chi connectivity index (χ2v) is 6.13. The number of hydrogen-bond acceptors (Lipinski definition) is 3. The highest BCUT2D eigenvalue weighted by molar-refractivity contribution is 6.06. The van der Waals surface area contributed by atoms with Gasteiger partial charge in [-0.3, -0.25) is 9.59 Å². The van der Waals surface area contributed by atoms with Gasteiger partial charge in [-0.2, -0.15) is 0 Å². The van der Waals surface area contributed by atoms with Gasteiger partial charge in [0.1, 0.15) is 5.75 Å². The van der Waals surface area contributed by atoms with Crippen molar-refractivity contribution >= 4 is 23.2 Å². The van der Waals surface area contributed by atoms with Gasteiger partial charge in [0.2, 0.25) is 5.91 Å². The molecule has 2 amide bonds. The topological polar surface area (TPSA) is 58.6 Å². The van der Waals surface area contributed by atoms with E-state index in [1.165, 1.54) is 6.92 Å². The van der Waals surface area contributed by atoms with Crippen molar-refractivity contribution in [2.24, 2.45) is 0 Å². The minimum absolute atomic E-state index is 0.0454. The minimum atomic E-state index is -0.219. The molecule has 138 valence electrons. The smallest absolute Gasteiger partial charge is 0.259 e. The van der Waals surface area contributed by atoms with Gasteiger partial charge in [-0.1, -0.05) is 31.9 Å². The third kappa shape index (κ3) is 5.34. The number of anilines is 2. The van der Waals surface area contributed by atoms with Crippen LogP contribution in [0.2, 0.25) is 0 Å². The normalized spacial score (nSPS) is 10.3. The molecule has 5 nitrogen and oxygen atoms in total. The average molecular weight is 354 g/mol. The Morgan fingerprint density at radius 3 is 2.38 bits per heavy atom. The number of para-hydroxylation sites is 1. The molecule has 0 saturated carbocycles. The van der Waals surface area contributed by atoms with Gasteiger partial charge in [0.15, 0.2) is 0 Å². The van der Waals surface area contributed by atoms with Crippen LogP contribution in [0.4, 0.5) is 11.4 Å². The van der Waals surface area contributed by atoms with Crippen LogP contribution in [0.1, 0.15) is 43.5 Å². The maximum absolute atomic E-state index is 12.6. The standard InChI is InChI=1S/C21H26N2O3/c1-4-5-8-15-26-20-10-7-6-9-19(20)21(25)22-17-11-13-18(14-12-17)23(3)16(2)24/h6-7,9-14H,4-5,8,15H2,1-3H3,(H,22,25). The fraction of sp³-hybridized carbons (Fsp3) is 0.333. The van der Waals surface area contributed by atoms with Gasteiger partial charge in [0, 0.05) is 25.3 Å². The van der Waals surface area contributed by atoms with E-state index in [4.69, 9.17) is 4.74 Å². The molecule has 26 heavy (non-hydrogen) atoms. The molecule has 2 rings (SSSR count). The van der Waals surface area contributed by atoms with Crippen LogP contribution < -0.4 is 15.0 Å². The molecule has 0 aromatic heterocycles. The molecule has 0 spiro atoms. The van der Waals surface area contributed by atoms with Gasteiger partial charge in [-0.25, -0.2) is 0 Å². The zero-order valence-corrected chi connectivity index (χ0v) is 15.6. The average Bonchev–Trinajstić information content (AvgIpc) is 2.65. The van der Waals surface area contributed by atoms with E-state index < -0.39 is 0 Å². The van der Waals surface area contributed by atoms with Gasteiger partial charge >= 0.3 is 0 Å². The first-order valence-corrected chi connectivity index (χ1v) is 8.90. The quantitative estimate of drug-likeness (QED) is 0.711. The van der Waals surface area contributed by atoms with Crippen molar-refractivity contribution in [1.29, 1.82) is 0 Å². The molecule has 0 radical (unpaired) electrons. The third-order valence-electron chi connectivity index (χ3n) is 4.12. The van der Waals surface area contributed by atoms with E-state index in [-0.39, 0.29) is 11.8 Å². The summed E-state index contributed by atoms with van der Waals surface area (Å²) in [5.74, 6) is 0.328. The largest absolute Gasteiger partial charge is 0.493 e. The summed E-state index contributed by atoms with van der Waals surface area (Å²) in [5, 5.41) is 2.87. The van der Waals surface area contributed by atoms with E-state index >= 15 is 0 Å². The zero-order valence-electron chi connectivity index (χ0n) is 15.6. The molecule has 0 bridgehead atoms. The van der Waals surface area contributed by atoms with Crippen molar-refractivity contribution in [2.45, 2.75) is 33.1 Å². The molecule has 0 saturated heterocycles. The number of carbonyl (C=O) groups is 2. The highest BCUT2D eigenvalue weighted by atomic mass is 16.5. The summed E-state index contributed by atoms with van der Waals surface area (Å²) in [6.07, 6.45) is 3.20. The Kier molecular flexibility index (Phi) is 7.21. The fourth-order valence-electron chi connectivity index (χ4n) is 2.46. The lowest BCUT2D eigenvalue weighted by molar-refractivity contribution is -0.116. The molecule has 0 aliphatic heterocycles.